The molecule has 2 aliphatic rings. The second kappa shape index (κ2) is 10.3. The van der Waals surface area contributed by atoms with Crippen LogP contribution in [0.15, 0.2) is 36.5 Å². The molecule has 1 saturated heterocycles. The summed E-state index contributed by atoms with van der Waals surface area (Å²) in [5.74, 6) is 0.539. The van der Waals surface area contributed by atoms with Gasteiger partial charge in [-0.3, -0.25) is 0 Å². The van der Waals surface area contributed by atoms with Crippen LogP contribution in [0.2, 0.25) is 5.02 Å². The Morgan fingerprint density at radius 1 is 1.08 bits per heavy atom. The SMILES string of the molecule is CC(C)N1CCOc2c(Cl)cc(-c3nc(Cc4ccc(C5CCN(C)CC5)c(F)c4)ncc3F)cc21. The van der Waals surface area contributed by atoms with Crippen LogP contribution in [0.5, 0.6) is 5.75 Å². The summed E-state index contributed by atoms with van der Waals surface area (Å²) < 4.78 is 35.7. The number of likely N-dealkylation sites (tertiary alicyclic amines) is 1. The highest BCUT2D eigenvalue weighted by Crippen LogP contribution is 2.42. The van der Waals surface area contributed by atoms with Gasteiger partial charge < -0.3 is 14.5 Å². The van der Waals surface area contributed by atoms with Crippen LogP contribution >= 0.6 is 11.6 Å². The van der Waals surface area contributed by atoms with Crippen LogP contribution in [-0.2, 0) is 6.42 Å². The first-order chi connectivity index (χ1) is 17.3. The van der Waals surface area contributed by atoms with Crippen LogP contribution in [0.25, 0.3) is 11.3 Å². The molecule has 0 aliphatic carbocycles. The third-order valence-electron chi connectivity index (χ3n) is 7.19. The van der Waals surface area contributed by atoms with E-state index >= 15 is 4.39 Å². The van der Waals surface area contributed by atoms with Crippen molar-refractivity contribution in [3.63, 3.8) is 0 Å². The van der Waals surface area contributed by atoms with Gasteiger partial charge in [0.1, 0.15) is 23.9 Å². The van der Waals surface area contributed by atoms with Gasteiger partial charge in [0.2, 0.25) is 0 Å². The molecule has 1 fully saturated rings. The van der Waals surface area contributed by atoms with Crippen molar-refractivity contribution in [2.45, 2.75) is 45.1 Å². The topological polar surface area (TPSA) is 41.5 Å². The minimum Gasteiger partial charge on any atom is -0.488 e. The number of hydrogen-bond donors (Lipinski definition) is 0. The standard InChI is InChI=1S/C28H31ClF2N4O/c1-17(2)35-10-11-36-28-22(29)14-20(15-25(28)35)27-24(31)16-32-26(33-27)13-18-4-5-21(23(30)12-18)19-6-8-34(3)9-7-19/h4-5,12,14-17,19H,6-11,13H2,1-3H3. The molecule has 0 N–H and O–H groups in total. The van der Waals surface area contributed by atoms with Crippen LogP contribution in [0.1, 0.15) is 49.6 Å². The molecule has 0 spiro atoms. The predicted octanol–water partition coefficient (Wildman–Crippen LogP) is 6.08. The Bertz CT molecular complexity index is 1260. The lowest BCUT2D eigenvalue weighted by Crippen LogP contribution is -2.38. The molecule has 1 aromatic heterocycles. The fourth-order valence-electron chi connectivity index (χ4n) is 5.18. The molecule has 5 rings (SSSR count). The van der Waals surface area contributed by atoms with Crippen LogP contribution in [0.4, 0.5) is 14.5 Å². The molecule has 0 radical (unpaired) electrons. The van der Waals surface area contributed by atoms with Crippen molar-refractivity contribution >= 4 is 17.3 Å². The monoisotopic (exact) mass is 512 g/mol. The molecule has 8 heteroatoms. The highest BCUT2D eigenvalue weighted by molar-refractivity contribution is 6.33. The van der Waals surface area contributed by atoms with Crippen molar-refractivity contribution in [3.8, 4) is 17.0 Å². The molecule has 5 nitrogen and oxygen atoms in total. The molecular formula is C28H31ClF2N4O. The van der Waals surface area contributed by atoms with E-state index in [9.17, 15) is 4.39 Å². The van der Waals surface area contributed by atoms with Gasteiger partial charge in [-0.05, 0) is 82.1 Å². The van der Waals surface area contributed by atoms with E-state index in [0.717, 1.165) is 49.3 Å². The molecule has 0 saturated carbocycles. The Hall–Kier alpha value is -2.77. The molecule has 2 aromatic carbocycles. The van der Waals surface area contributed by atoms with E-state index in [-0.39, 0.29) is 23.5 Å². The summed E-state index contributed by atoms with van der Waals surface area (Å²) in [6, 6.07) is 9.15. The number of hydrogen-bond acceptors (Lipinski definition) is 5. The Kier molecular flexibility index (Phi) is 7.13. The van der Waals surface area contributed by atoms with E-state index in [4.69, 9.17) is 16.3 Å². The Morgan fingerprint density at radius 3 is 2.58 bits per heavy atom. The van der Waals surface area contributed by atoms with Gasteiger partial charge in [-0.2, -0.15) is 0 Å². The zero-order valence-electron chi connectivity index (χ0n) is 20.9. The highest BCUT2D eigenvalue weighted by atomic mass is 35.5. The van der Waals surface area contributed by atoms with E-state index in [1.807, 2.05) is 18.2 Å². The van der Waals surface area contributed by atoms with Crippen molar-refractivity contribution in [1.29, 1.82) is 0 Å². The maximum atomic E-state index is 15.0. The summed E-state index contributed by atoms with van der Waals surface area (Å²) in [5.41, 5.74) is 3.07. The maximum absolute atomic E-state index is 15.0. The van der Waals surface area contributed by atoms with Crippen molar-refractivity contribution < 1.29 is 13.5 Å². The zero-order chi connectivity index (χ0) is 25.4. The average molecular weight is 513 g/mol. The summed E-state index contributed by atoms with van der Waals surface area (Å²) >= 11 is 6.53. The first-order valence-corrected chi connectivity index (χ1v) is 12.9. The number of nitrogens with zero attached hydrogens (tertiary/aromatic N) is 4. The average Bonchev–Trinajstić information content (AvgIpc) is 2.85. The molecule has 3 aromatic rings. The van der Waals surface area contributed by atoms with Crippen molar-refractivity contribution in [1.82, 2.24) is 14.9 Å². The number of halogens is 3. The van der Waals surface area contributed by atoms with Gasteiger partial charge in [0, 0.05) is 18.0 Å². The number of fused-ring (bicyclic) bond motifs is 1. The third kappa shape index (κ3) is 5.04. The second-order valence-electron chi connectivity index (χ2n) is 10.0. The number of aromatic nitrogens is 2. The second-order valence-corrected chi connectivity index (χ2v) is 10.4. The molecule has 0 unspecified atom stereocenters. The maximum Gasteiger partial charge on any atom is 0.167 e. The smallest absolute Gasteiger partial charge is 0.167 e. The van der Waals surface area contributed by atoms with Gasteiger partial charge in [0.15, 0.2) is 11.6 Å². The first kappa shape index (κ1) is 24.9. The van der Waals surface area contributed by atoms with E-state index < -0.39 is 5.82 Å². The minimum atomic E-state index is -0.536. The van der Waals surface area contributed by atoms with Gasteiger partial charge in [-0.25, -0.2) is 18.7 Å². The summed E-state index contributed by atoms with van der Waals surface area (Å²) in [4.78, 5) is 13.2. The third-order valence-corrected chi connectivity index (χ3v) is 7.47. The molecular weight excluding hydrogens is 482 g/mol. The van der Waals surface area contributed by atoms with Crippen LogP contribution in [-0.4, -0.2) is 54.2 Å². The van der Waals surface area contributed by atoms with Crippen LogP contribution in [0, 0.1) is 11.6 Å². The number of ether oxygens (including phenoxy) is 1. The Balaban J connectivity index is 1.41. The quantitative estimate of drug-likeness (QED) is 0.414. The molecule has 36 heavy (non-hydrogen) atoms. The van der Waals surface area contributed by atoms with Crippen LogP contribution < -0.4 is 9.64 Å². The fourth-order valence-corrected chi connectivity index (χ4v) is 5.45. The molecule has 2 aliphatic heterocycles. The Labute approximate surface area is 216 Å². The first-order valence-electron chi connectivity index (χ1n) is 12.5. The van der Waals surface area contributed by atoms with Gasteiger partial charge >= 0.3 is 0 Å². The van der Waals surface area contributed by atoms with Gasteiger partial charge in [0.25, 0.3) is 0 Å². The van der Waals surface area contributed by atoms with E-state index in [0.29, 0.717) is 35.2 Å². The van der Waals surface area contributed by atoms with Gasteiger partial charge in [0.05, 0.1) is 23.5 Å². The summed E-state index contributed by atoms with van der Waals surface area (Å²) in [7, 11) is 2.10. The predicted molar refractivity (Wildman–Crippen MR) is 139 cm³/mol. The molecule has 0 atom stereocenters. The van der Waals surface area contributed by atoms with Crippen molar-refractivity contribution in [2.24, 2.45) is 0 Å². The molecule has 0 amide bonds. The summed E-state index contributed by atoms with van der Waals surface area (Å²) in [6.07, 6.45) is 3.39. The number of anilines is 1. The van der Waals surface area contributed by atoms with Crippen molar-refractivity contribution in [3.05, 3.63) is 70.1 Å². The molecule has 0 bridgehead atoms. The summed E-state index contributed by atoms with van der Waals surface area (Å²) in [5, 5.41) is 0.416. The van der Waals surface area contributed by atoms with E-state index in [1.54, 1.807) is 12.1 Å². The van der Waals surface area contributed by atoms with Crippen LogP contribution in [0.3, 0.4) is 0 Å². The largest absolute Gasteiger partial charge is 0.488 e. The summed E-state index contributed by atoms with van der Waals surface area (Å²) in [6.45, 7) is 7.41. The molecule has 190 valence electrons. The number of piperidine rings is 1. The molecule has 3 heterocycles. The lowest BCUT2D eigenvalue weighted by atomic mass is 9.88. The zero-order valence-corrected chi connectivity index (χ0v) is 21.7. The lowest BCUT2D eigenvalue weighted by molar-refractivity contribution is 0.253. The van der Waals surface area contributed by atoms with Gasteiger partial charge in [-0.1, -0.05) is 23.7 Å². The van der Waals surface area contributed by atoms with E-state index in [2.05, 4.69) is 40.7 Å². The lowest BCUT2D eigenvalue weighted by Gasteiger charge is -2.35. The fraction of sp³-hybridized carbons (Fsp3) is 0.429. The number of benzene rings is 2. The minimum absolute atomic E-state index is 0.169. The van der Waals surface area contributed by atoms with Crippen molar-refractivity contribution in [2.75, 3.05) is 38.2 Å². The van der Waals surface area contributed by atoms with Gasteiger partial charge in [-0.15, -0.1) is 0 Å². The Morgan fingerprint density at radius 2 is 1.86 bits per heavy atom. The highest BCUT2D eigenvalue weighted by Gasteiger charge is 2.25. The van der Waals surface area contributed by atoms with E-state index in [1.165, 1.54) is 6.20 Å². The number of rotatable bonds is 5. The normalized spacial score (nSPS) is 16.8.